The number of hydrogen-bond acceptors (Lipinski definition) is 5. The molecule has 1 saturated heterocycles. The predicted molar refractivity (Wildman–Crippen MR) is 69.5 cm³/mol. The van der Waals surface area contributed by atoms with E-state index in [1.54, 1.807) is 23.2 Å². The van der Waals surface area contributed by atoms with Gasteiger partial charge in [0.15, 0.2) is 5.76 Å². The first kappa shape index (κ1) is 13.3. The zero-order valence-corrected chi connectivity index (χ0v) is 11.1. The van der Waals surface area contributed by atoms with Gasteiger partial charge in [-0.3, -0.25) is 9.59 Å². The number of H-pyrrole nitrogens is 1. The molecule has 2 atom stereocenters. The van der Waals surface area contributed by atoms with Crippen molar-refractivity contribution >= 4 is 11.9 Å². The first-order valence-corrected chi connectivity index (χ1v) is 6.55. The number of carbonyl (C=O) groups excluding carboxylic acids is 1. The molecule has 2 aromatic rings. The zero-order chi connectivity index (χ0) is 14.8. The summed E-state index contributed by atoms with van der Waals surface area (Å²) in [5, 5.41) is 19.3. The van der Waals surface area contributed by atoms with Crippen LogP contribution in [0.4, 0.5) is 0 Å². The molecule has 3 heterocycles. The Balaban J connectivity index is 1.80. The van der Waals surface area contributed by atoms with Gasteiger partial charge in [-0.15, -0.1) is 0 Å². The van der Waals surface area contributed by atoms with E-state index in [-0.39, 0.29) is 29.9 Å². The molecule has 110 valence electrons. The van der Waals surface area contributed by atoms with E-state index in [1.165, 1.54) is 6.26 Å². The second-order valence-electron chi connectivity index (χ2n) is 5.05. The van der Waals surface area contributed by atoms with Crippen molar-refractivity contribution in [3.8, 4) is 0 Å². The van der Waals surface area contributed by atoms with Crippen molar-refractivity contribution in [1.29, 1.82) is 0 Å². The topological polar surface area (TPSA) is 112 Å². The third-order valence-electron chi connectivity index (χ3n) is 3.71. The molecule has 2 aromatic heterocycles. The highest BCUT2D eigenvalue weighted by atomic mass is 16.4. The highest BCUT2D eigenvalue weighted by Crippen LogP contribution is 2.34. The van der Waals surface area contributed by atoms with E-state index < -0.39 is 5.97 Å². The summed E-state index contributed by atoms with van der Waals surface area (Å²) >= 11 is 0. The molecular weight excluding hydrogens is 276 g/mol. The Morgan fingerprint density at radius 2 is 2.33 bits per heavy atom. The molecule has 1 aliphatic rings. The smallest absolute Gasteiger partial charge is 0.303 e. The summed E-state index contributed by atoms with van der Waals surface area (Å²) in [5.41, 5.74) is 0.677. The average Bonchev–Trinajstić information content (AvgIpc) is 3.18. The fourth-order valence-corrected chi connectivity index (χ4v) is 2.75. The van der Waals surface area contributed by atoms with Crippen molar-refractivity contribution in [1.82, 2.24) is 20.3 Å². The zero-order valence-electron chi connectivity index (χ0n) is 11.1. The fourth-order valence-electron chi connectivity index (χ4n) is 2.75. The number of rotatable bonds is 4. The largest absolute Gasteiger partial charge is 0.481 e. The van der Waals surface area contributed by atoms with Crippen LogP contribution in [-0.2, 0) is 4.79 Å². The maximum atomic E-state index is 12.3. The third-order valence-corrected chi connectivity index (χ3v) is 3.71. The molecule has 8 nitrogen and oxygen atoms in total. The standard InChI is InChI=1S/C13H14N4O4/c18-12(19)4-8-6-17(13(20)11-2-1-3-21-11)7-9(8)10-5-14-16-15-10/h1-3,5,8-9H,4,6-7H2,(H,18,19)(H,14,15,16)/t8-,9+/m1/s1. The molecule has 0 bridgehead atoms. The number of nitrogens with zero attached hydrogens (tertiary/aromatic N) is 3. The van der Waals surface area contributed by atoms with Gasteiger partial charge in [-0.05, 0) is 18.1 Å². The van der Waals surface area contributed by atoms with Gasteiger partial charge in [-0.1, -0.05) is 0 Å². The van der Waals surface area contributed by atoms with Gasteiger partial charge in [0.25, 0.3) is 5.91 Å². The second-order valence-corrected chi connectivity index (χ2v) is 5.05. The first-order chi connectivity index (χ1) is 10.1. The third kappa shape index (κ3) is 2.64. The quantitative estimate of drug-likeness (QED) is 0.858. The van der Waals surface area contributed by atoms with Crippen molar-refractivity contribution in [3.05, 3.63) is 36.0 Å². The molecular formula is C13H14N4O4. The van der Waals surface area contributed by atoms with Gasteiger partial charge in [-0.25, -0.2) is 0 Å². The van der Waals surface area contributed by atoms with Crippen LogP contribution in [0.5, 0.6) is 0 Å². The molecule has 0 radical (unpaired) electrons. The highest BCUT2D eigenvalue weighted by Gasteiger charge is 2.39. The maximum Gasteiger partial charge on any atom is 0.303 e. The van der Waals surface area contributed by atoms with E-state index >= 15 is 0 Å². The molecule has 0 spiro atoms. The average molecular weight is 290 g/mol. The minimum absolute atomic E-state index is 0.0144. The van der Waals surface area contributed by atoms with Crippen LogP contribution >= 0.6 is 0 Å². The lowest BCUT2D eigenvalue weighted by molar-refractivity contribution is -0.138. The van der Waals surface area contributed by atoms with Crippen molar-refractivity contribution in [2.24, 2.45) is 5.92 Å². The fraction of sp³-hybridized carbons (Fsp3) is 0.385. The summed E-state index contributed by atoms with van der Waals surface area (Å²) < 4.78 is 5.11. The second kappa shape index (κ2) is 5.39. The van der Waals surface area contributed by atoms with Crippen molar-refractivity contribution in [2.75, 3.05) is 13.1 Å². The number of carboxylic acids is 1. The van der Waals surface area contributed by atoms with E-state index in [0.717, 1.165) is 0 Å². The lowest BCUT2D eigenvalue weighted by Crippen LogP contribution is -2.28. The number of amides is 1. The Bertz CT molecular complexity index is 623. The number of aromatic nitrogens is 3. The highest BCUT2D eigenvalue weighted by molar-refractivity contribution is 5.91. The summed E-state index contributed by atoms with van der Waals surface area (Å²) in [7, 11) is 0. The maximum absolute atomic E-state index is 12.3. The molecule has 3 rings (SSSR count). The van der Waals surface area contributed by atoms with Crippen molar-refractivity contribution in [3.63, 3.8) is 0 Å². The number of aliphatic carboxylic acids is 1. The Hall–Kier alpha value is -2.64. The molecule has 1 aliphatic heterocycles. The van der Waals surface area contributed by atoms with Crippen molar-refractivity contribution < 1.29 is 19.1 Å². The predicted octanol–water partition coefficient (Wildman–Crippen LogP) is 0.728. The molecule has 8 heteroatoms. The Morgan fingerprint density at radius 1 is 1.48 bits per heavy atom. The number of furan rings is 1. The summed E-state index contributed by atoms with van der Waals surface area (Å²) in [6.45, 7) is 0.771. The number of carboxylic acid groups (broad SMARTS) is 1. The number of nitrogens with one attached hydrogen (secondary N) is 1. The minimum atomic E-state index is -0.888. The van der Waals surface area contributed by atoms with Gasteiger partial charge >= 0.3 is 5.97 Å². The van der Waals surface area contributed by atoms with Gasteiger partial charge in [-0.2, -0.15) is 15.4 Å². The molecule has 0 aromatic carbocycles. The number of carbonyl (C=O) groups is 2. The van der Waals surface area contributed by atoms with E-state index in [2.05, 4.69) is 15.4 Å². The van der Waals surface area contributed by atoms with Crippen LogP contribution in [0.3, 0.4) is 0 Å². The molecule has 1 fully saturated rings. The van der Waals surface area contributed by atoms with Gasteiger partial charge < -0.3 is 14.4 Å². The minimum Gasteiger partial charge on any atom is -0.481 e. The van der Waals surface area contributed by atoms with Gasteiger partial charge in [0.1, 0.15) is 0 Å². The Labute approximate surface area is 119 Å². The van der Waals surface area contributed by atoms with Gasteiger partial charge in [0.2, 0.25) is 0 Å². The Morgan fingerprint density at radius 3 is 2.95 bits per heavy atom. The van der Waals surface area contributed by atoms with Crippen LogP contribution in [0.15, 0.2) is 29.0 Å². The van der Waals surface area contributed by atoms with E-state index in [0.29, 0.717) is 18.8 Å². The monoisotopic (exact) mass is 290 g/mol. The van der Waals surface area contributed by atoms with Crippen LogP contribution in [0, 0.1) is 5.92 Å². The molecule has 21 heavy (non-hydrogen) atoms. The van der Waals surface area contributed by atoms with Gasteiger partial charge in [0, 0.05) is 19.0 Å². The van der Waals surface area contributed by atoms with Crippen LogP contribution in [0.2, 0.25) is 0 Å². The van der Waals surface area contributed by atoms with E-state index in [4.69, 9.17) is 9.52 Å². The van der Waals surface area contributed by atoms with Crippen LogP contribution in [0.1, 0.15) is 28.6 Å². The first-order valence-electron chi connectivity index (χ1n) is 6.55. The SMILES string of the molecule is O=C(O)C[C@@H]1CN(C(=O)c2ccco2)C[C@@H]1c1cn[nH]n1. The number of aromatic amines is 1. The van der Waals surface area contributed by atoms with Crippen molar-refractivity contribution in [2.45, 2.75) is 12.3 Å². The summed E-state index contributed by atoms with van der Waals surface area (Å²) in [6.07, 6.45) is 2.99. The Kier molecular flexibility index (Phi) is 3.43. The lowest BCUT2D eigenvalue weighted by atomic mass is 9.91. The van der Waals surface area contributed by atoms with E-state index in [1.807, 2.05) is 0 Å². The number of likely N-dealkylation sites (tertiary alicyclic amines) is 1. The van der Waals surface area contributed by atoms with Crippen LogP contribution < -0.4 is 0 Å². The van der Waals surface area contributed by atoms with Gasteiger partial charge in [0.05, 0.1) is 24.6 Å². The van der Waals surface area contributed by atoms with Crippen LogP contribution in [0.25, 0.3) is 0 Å². The van der Waals surface area contributed by atoms with E-state index in [9.17, 15) is 9.59 Å². The summed E-state index contributed by atoms with van der Waals surface area (Å²) in [4.78, 5) is 24.9. The number of hydrogen-bond donors (Lipinski definition) is 2. The summed E-state index contributed by atoms with van der Waals surface area (Å²) in [5.74, 6) is -1.20. The molecule has 1 amide bonds. The molecule has 2 N–H and O–H groups in total. The molecule has 0 aliphatic carbocycles. The van der Waals surface area contributed by atoms with Crippen LogP contribution in [-0.4, -0.2) is 50.4 Å². The normalized spacial score (nSPS) is 21.6. The lowest BCUT2D eigenvalue weighted by Gasteiger charge is -2.14. The molecule has 0 saturated carbocycles. The summed E-state index contributed by atoms with van der Waals surface area (Å²) in [6, 6.07) is 3.24. The molecule has 0 unspecified atom stereocenters.